The molecule has 107 valence electrons. The van der Waals surface area contributed by atoms with Crippen molar-refractivity contribution in [3.8, 4) is 0 Å². The van der Waals surface area contributed by atoms with E-state index in [4.69, 9.17) is 0 Å². The van der Waals surface area contributed by atoms with Crippen LogP contribution < -0.4 is 5.32 Å². The van der Waals surface area contributed by atoms with Gasteiger partial charge in [0.25, 0.3) is 0 Å². The van der Waals surface area contributed by atoms with E-state index in [9.17, 15) is 14.4 Å². The number of barbiturate groups is 1. The number of carbonyl (C=O) groups excluding carboxylic acids is 3. The Bertz CT molecular complexity index is 541. The molecule has 1 N–H and O–H groups in total. The molecule has 1 radical (unpaired) electrons. The summed E-state index contributed by atoms with van der Waals surface area (Å²) in [6.45, 7) is 3.76. The molecule has 1 aliphatic rings. The predicted molar refractivity (Wildman–Crippen MR) is 79.3 cm³/mol. The van der Waals surface area contributed by atoms with E-state index in [2.05, 4.69) is 5.32 Å². The number of benzene rings is 1. The van der Waals surface area contributed by atoms with Crippen molar-refractivity contribution in [2.45, 2.75) is 33.2 Å². The van der Waals surface area contributed by atoms with Gasteiger partial charge in [-0.1, -0.05) is 44.2 Å². The largest absolute Gasteiger partial charge is 0.331 e. The summed E-state index contributed by atoms with van der Waals surface area (Å²) in [7, 11) is 0. The van der Waals surface area contributed by atoms with Crippen molar-refractivity contribution in [2.24, 2.45) is 5.41 Å². The fourth-order valence-electron chi connectivity index (χ4n) is 2.52. The quantitative estimate of drug-likeness (QED) is 0.679. The van der Waals surface area contributed by atoms with Crippen LogP contribution in [0.3, 0.4) is 0 Å². The van der Waals surface area contributed by atoms with Gasteiger partial charge in [-0.15, -0.1) is 0 Å². The van der Waals surface area contributed by atoms with Gasteiger partial charge in [-0.25, -0.2) is 4.79 Å². The van der Waals surface area contributed by atoms with Gasteiger partial charge in [0.2, 0.25) is 11.8 Å². The molecule has 1 saturated heterocycles. The van der Waals surface area contributed by atoms with Crippen molar-refractivity contribution in [1.82, 2.24) is 10.2 Å². The van der Waals surface area contributed by atoms with Crippen molar-refractivity contribution >= 4 is 47.4 Å². The second kappa shape index (κ2) is 7.20. The number of amides is 4. The fraction of sp³-hybridized carbons (Fsp3) is 0.400. The molecule has 6 heteroatoms. The molecule has 0 atom stereocenters. The first kappa shape index (κ1) is 17.9. The van der Waals surface area contributed by atoms with E-state index in [0.717, 1.165) is 10.5 Å². The number of carbonyl (C=O) groups is 3. The van der Waals surface area contributed by atoms with Gasteiger partial charge < -0.3 is 0 Å². The minimum Gasteiger partial charge on any atom is -0.277 e. The smallest absolute Gasteiger partial charge is 0.277 e. The molecule has 0 spiro atoms. The van der Waals surface area contributed by atoms with Crippen molar-refractivity contribution in [3.05, 3.63) is 35.9 Å². The predicted octanol–water partition coefficient (Wildman–Crippen LogP) is 1.69. The molecule has 4 amide bonds. The maximum atomic E-state index is 12.6. The summed E-state index contributed by atoms with van der Waals surface area (Å²) in [5.74, 6) is -0.887. The van der Waals surface area contributed by atoms with E-state index in [0.29, 0.717) is 12.8 Å². The number of nitrogens with zero attached hydrogens (tertiary/aromatic N) is 1. The minimum absolute atomic E-state index is 0. The van der Waals surface area contributed by atoms with Gasteiger partial charge in [0.1, 0.15) is 5.41 Å². The van der Waals surface area contributed by atoms with Crippen molar-refractivity contribution < 1.29 is 14.4 Å². The van der Waals surface area contributed by atoms with Gasteiger partial charge in [-0.3, -0.25) is 19.8 Å². The zero-order valence-corrected chi connectivity index (χ0v) is 14.7. The van der Waals surface area contributed by atoms with Crippen LogP contribution >= 0.6 is 0 Å². The molecule has 0 aliphatic carbocycles. The van der Waals surface area contributed by atoms with Gasteiger partial charge in [-0.05, 0) is 18.4 Å². The maximum Gasteiger partial charge on any atom is 0.331 e. The third-order valence-electron chi connectivity index (χ3n) is 3.95. The number of rotatable bonds is 4. The Labute approximate surface area is 146 Å². The number of imide groups is 2. The van der Waals surface area contributed by atoms with Crippen LogP contribution in [-0.4, -0.2) is 52.3 Å². The summed E-state index contributed by atoms with van der Waals surface area (Å²) < 4.78 is 0. The van der Waals surface area contributed by atoms with Gasteiger partial charge in [0.05, 0.1) is 6.54 Å². The summed E-state index contributed by atoms with van der Waals surface area (Å²) >= 11 is 0. The first-order valence-electron chi connectivity index (χ1n) is 6.76. The first-order valence-corrected chi connectivity index (χ1v) is 6.76. The zero-order chi connectivity index (χ0) is 14.8. The van der Waals surface area contributed by atoms with Crippen molar-refractivity contribution in [3.63, 3.8) is 0 Å². The number of hydrogen-bond acceptors (Lipinski definition) is 3. The van der Waals surface area contributed by atoms with Crippen molar-refractivity contribution in [2.75, 3.05) is 0 Å². The third kappa shape index (κ3) is 3.20. The molecule has 0 aromatic heterocycles. The van der Waals surface area contributed by atoms with Crippen LogP contribution in [0.4, 0.5) is 4.79 Å². The molecular weight excluding hydrogens is 279 g/mol. The van der Waals surface area contributed by atoms with Crippen LogP contribution in [0.25, 0.3) is 0 Å². The number of urea groups is 1. The molecule has 2 rings (SSSR count). The van der Waals surface area contributed by atoms with Crippen LogP contribution in [0.2, 0.25) is 0 Å². The second-order valence-electron chi connectivity index (χ2n) is 4.93. The fourth-order valence-corrected chi connectivity index (χ4v) is 2.52. The molecule has 1 heterocycles. The molecule has 21 heavy (non-hydrogen) atoms. The monoisotopic (exact) mass is 297 g/mol. The molecule has 5 nitrogen and oxygen atoms in total. The van der Waals surface area contributed by atoms with Crippen LogP contribution in [-0.2, 0) is 16.1 Å². The summed E-state index contributed by atoms with van der Waals surface area (Å²) in [6, 6.07) is 8.61. The van der Waals surface area contributed by atoms with Gasteiger partial charge in [0.15, 0.2) is 0 Å². The zero-order valence-electron chi connectivity index (χ0n) is 12.7. The molecule has 0 unspecified atom stereocenters. The molecule has 1 aromatic rings. The molecule has 1 aliphatic heterocycles. The van der Waals surface area contributed by atoms with E-state index in [1.165, 1.54) is 0 Å². The van der Waals surface area contributed by atoms with Gasteiger partial charge >= 0.3 is 6.03 Å². The summed E-state index contributed by atoms with van der Waals surface area (Å²) in [4.78, 5) is 37.6. The van der Waals surface area contributed by atoms with E-state index >= 15 is 0 Å². The number of nitrogens with one attached hydrogen (secondary N) is 1. The molecule has 1 fully saturated rings. The normalized spacial score (nSPS) is 17.2. The summed E-state index contributed by atoms with van der Waals surface area (Å²) in [5, 5.41) is 2.30. The molecule has 1 aromatic carbocycles. The Morgan fingerprint density at radius 3 is 2.14 bits per heavy atom. The molecule has 0 saturated carbocycles. The Morgan fingerprint density at radius 2 is 1.62 bits per heavy atom. The summed E-state index contributed by atoms with van der Waals surface area (Å²) in [5.41, 5.74) is -0.269. The van der Waals surface area contributed by atoms with E-state index < -0.39 is 23.3 Å². The maximum absolute atomic E-state index is 12.6. The van der Waals surface area contributed by atoms with Gasteiger partial charge in [-0.2, -0.15) is 0 Å². The SMILES string of the molecule is CCC1(CC)C(=O)NC(=O)N(Cc2ccccc2)C1=O.[Na]. The Kier molecular flexibility index (Phi) is 6.13. The second-order valence-corrected chi connectivity index (χ2v) is 4.93. The average molecular weight is 297 g/mol. The topological polar surface area (TPSA) is 66.5 Å². The van der Waals surface area contributed by atoms with Crippen LogP contribution in [0.1, 0.15) is 32.3 Å². The van der Waals surface area contributed by atoms with Crippen molar-refractivity contribution in [1.29, 1.82) is 0 Å². The third-order valence-corrected chi connectivity index (χ3v) is 3.95. The number of hydrogen-bond donors (Lipinski definition) is 1. The molecular formula is C15H18N2NaO3. The minimum atomic E-state index is -1.12. The Morgan fingerprint density at radius 1 is 1.05 bits per heavy atom. The van der Waals surface area contributed by atoms with Crippen LogP contribution in [0, 0.1) is 5.41 Å². The Hall–Kier alpha value is -1.17. The van der Waals surface area contributed by atoms with E-state index in [1.54, 1.807) is 13.8 Å². The van der Waals surface area contributed by atoms with E-state index in [-0.39, 0.29) is 36.1 Å². The standard InChI is InChI=1S/C15H18N2O3.Na/c1-3-15(4-2)12(18)16-14(20)17(13(15)19)10-11-8-6-5-7-9-11;/h5-9H,3-4,10H2,1-2H3,(H,16,18,20);. The Balaban J connectivity index is 0.00000220. The molecule has 0 bridgehead atoms. The van der Waals surface area contributed by atoms with Crippen LogP contribution in [0.15, 0.2) is 30.3 Å². The van der Waals surface area contributed by atoms with Gasteiger partial charge in [0, 0.05) is 29.6 Å². The first-order chi connectivity index (χ1) is 9.55. The summed E-state index contributed by atoms with van der Waals surface area (Å²) in [6.07, 6.45) is 0.763. The average Bonchev–Trinajstić information content (AvgIpc) is 2.46. The van der Waals surface area contributed by atoms with E-state index in [1.807, 2.05) is 30.3 Å². The van der Waals surface area contributed by atoms with Crippen LogP contribution in [0.5, 0.6) is 0 Å².